The van der Waals surface area contributed by atoms with Gasteiger partial charge in [0.15, 0.2) is 0 Å². The Kier molecular flexibility index (Phi) is 6.73. The van der Waals surface area contributed by atoms with Crippen molar-refractivity contribution in [2.24, 2.45) is 5.73 Å². The van der Waals surface area contributed by atoms with Crippen LogP contribution in [-0.4, -0.2) is 18.5 Å². The summed E-state index contributed by atoms with van der Waals surface area (Å²) in [6.07, 6.45) is 3.68. The van der Waals surface area contributed by atoms with Crippen LogP contribution in [0.15, 0.2) is 30.3 Å². The van der Waals surface area contributed by atoms with Gasteiger partial charge >= 0.3 is 0 Å². The molecular formula is C17H28N2O. The van der Waals surface area contributed by atoms with Crippen LogP contribution in [0.25, 0.3) is 0 Å². The van der Waals surface area contributed by atoms with Gasteiger partial charge < -0.3 is 11.1 Å². The Morgan fingerprint density at radius 2 is 1.95 bits per heavy atom. The van der Waals surface area contributed by atoms with Crippen molar-refractivity contribution < 1.29 is 4.79 Å². The Balaban J connectivity index is 2.56. The van der Waals surface area contributed by atoms with Crippen molar-refractivity contribution >= 4 is 5.91 Å². The van der Waals surface area contributed by atoms with Gasteiger partial charge in [-0.05, 0) is 17.4 Å². The van der Waals surface area contributed by atoms with Crippen LogP contribution in [0.3, 0.4) is 0 Å². The van der Waals surface area contributed by atoms with Gasteiger partial charge in [-0.2, -0.15) is 0 Å². The predicted molar refractivity (Wildman–Crippen MR) is 84.6 cm³/mol. The van der Waals surface area contributed by atoms with Crippen LogP contribution in [0, 0.1) is 0 Å². The molecule has 1 rings (SSSR count). The minimum absolute atomic E-state index is 0.0883. The maximum atomic E-state index is 12.2. The molecular weight excluding hydrogens is 248 g/mol. The number of nitrogens with one attached hydrogen (secondary N) is 1. The van der Waals surface area contributed by atoms with Gasteiger partial charge in [0.05, 0.1) is 0 Å². The first-order chi connectivity index (χ1) is 9.49. The fraction of sp³-hybridized carbons (Fsp3) is 0.588. The van der Waals surface area contributed by atoms with Crippen molar-refractivity contribution in [1.29, 1.82) is 0 Å². The van der Waals surface area contributed by atoms with Gasteiger partial charge in [0.1, 0.15) is 0 Å². The molecule has 0 fully saturated rings. The highest BCUT2D eigenvalue weighted by Gasteiger charge is 2.24. The van der Waals surface area contributed by atoms with Crippen molar-refractivity contribution in [1.82, 2.24) is 5.32 Å². The third-order valence-electron chi connectivity index (χ3n) is 3.71. The van der Waals surface area contributed by atoms with Crippen LogP contribution < -0.4 is 11.1 Å². The quantitative estimate of drug-likeness (QED) is 0.767. The van der Waals surface area contributed by atoms with Gasteiger partial charge in [-0.1, -0.05) is 63.9 Å². The molecule has 20 heavy (non-hydrogen) atoms. The minimum atomic E-state index is -0.157. The van der Waals surface area contributed by atoms with E-state index in [0.717, 1.165) is 19.3 Å². The normalized spacial score (nSPS) is 13.0. The zero-order chi connectivity index (χ0) is 15.0. The molecule has 1 atom stereocenters. The van der Waals surface area contributed by atoms with E-state index in [9.17, 15) is 4.79 Å². The van der Waals surface area contributed by atoms with Gasteiger partial charge in [-0.3, -0.25) is 4.79 Å². The largest absolute Gasteiger partial charge is 0.352 e. The molecule has 1 unspecified atom stereocenters. The first-order valence-corrected chi connectivity index (χ1v) is 7.54. The fourth-order valence-electron chi connectivity index (χ4n) is 2.37. The molecule has 3 nitrogen and oxygen atoms in total. The summed E-state index contributed by atoms with van der Waals surface area (Å²) in [5.41, 5.74) is 6.75. The molecule has 0 aromatic heterocycles. The average molecular weight is 276 g/mol. The zero-order valence-corrected chi connectivity index (χ0v) is 13.0. The van der Waals surface area contributed by atoms with Gasteiger partial charge in [0, 0.05) is 19.0 Å². The molecule has 0 saturated carbocycles. The second kappa shape index (κ2) is 8.05. The minimum Gasteiger partial charge on any atom is -0.352 e. The number of carbonyl (C=O) groups excluding carboxylic acids is 1. The third kappa shape index (κ3) is 5.33. The van der Waals surface area contributed by atoms with Gasteiger partial charge in [-0.25, -0.2) is 0 Å². The lowest BCUT2D eigenvalue weighted by Crippen LogP contribution is -2.42. The number of amides is 1. The van der Waals surface area contributed by atoms with Crippen molar-refractivity contribution in [3.05, 3.63) is 35.9 Å². The molecule has 1 aromatic rings. The van der Waals surface area contributed by atoms with E-state index < -0.39 is 0 Å². The molecule has 0 heterocycles. The van der Waals surface area contributed by atoms with Crippen molar-refractivity contribution in [2.45, 2.75) is 57.9 Å². The van der Waals surface area contributed by atoms with Crippen LogP contribution >= 0.6 is 0 Å². The summed E-state index contributed by atoms with van der Waals surface area (Å²) in [5, 5.41) is 3.06. The number of benzene rings is 1. The van der Waals surface area contributed by atoms with Gasteiger partial charge in [0.25, 0.3) is 0 Å². The maximum Gasteiger partial charge on any atom is 0.221 e. The lowest BCUT2D eigenvalue weighted by Gasteiger charge is -2.26. The molecule has 112 valence electrons. The molecule has 0 spiro atoms. The molecule has 0 aliphatic carbocycles. The molecule has 1 amide bonds. The summed E-state index contributed by atoms with van der Waals surface area (Å²) in [6.45, 7) is 6.86. The summed E-state index contributed by atoms with van der Waals surface area (Å²) in [4.78, 5) is 12.2. The number of hydrogen-bond acceptors (Lipinski definition) is 2. The van der Waals surface area contributed by atoms with Crippen molar-refractivity contribution in [2.75, 3.05) is 6.54 Å². The van der Waals surface area contributed by atoms with Gasteiger partial charge in [-0.15, -0.1) is 0 Å². The molecule has 0 bridgehead atoms. The summed E-state index contributed by atoms with van der Waals surface area (Å²) in [5.74, 6) is 0.0883. The molecule has 0 saturated heterocycles. The number of hydrogen-bond donors (Lipinski definition) is 2. The second-order valence-corrected chi connectivity index (χ2v) is 6.07. The van der Waals surface area contributed by atoms with Crippen LogP contribution in [0.1, 0.15) is 52.0 Å². The summed E-state index contributed by atoms with van der Waals surface area (Å²) in [7, 11) is 0. The maximum absolute atomic E-state index is 12.2. The van der Waals surface area contributed by atoms with Crippen molar-refractivity contribution in [3.8, 4) is 0 Å². The number of rotatable bonds is 8. The van der Waals surface area contributed by atoms with Crippen LogP contribution in [0.2, 0.25) is 0 Å². The van der Waals surface area contributed by atoms with E-state index in [1.807, 2.05) is 18.2 Å². The third-order valence-corrected chi connectivity index (χ3v) is 3.71. The van der Waals surface area contributed by atoms with Gasteiger partial charge in [0.2, 0.25) is 5.91 Å². The van der Waals surface area contributed by atoms with Crippen LogP contribution in [0.4, 0.5) is 0 Å². The highest BCUT2D eigenvalue weighted by molar-refractivity contribution is 5.77. The Morgan fingerprint density at radius 3 is 2.50 bits per heavy atom. The van der Waals surface area contributed by atoms with E-state index in [2.05, 4.69) is 38.2 Å². The van der Waals surface area contributed by atoms with E-state index in [0.29, 0.717) is 13.0 Å². The van der Waals surface area contributed by atoms with Crippen molar-refractivity contribution in [3.63, 3.8) is 0 Å². The second-order valence-electron chi connectivity index (χ2n) is 6.07. The highest BCUT2D eigenvalue weighted by Crippen LogP contribution is 2.26. The smallest absolute Gasteiger partial charge is 0.221 e. The Hall–Kier alpha value is -1.35. The van der Waals surface area contributed by atoms with E-state index in [-0.39, 0.29) is 17.4 Å². The standard InChI is InChI=1S/C17H28N2O/c1-4-5-11-15(13-18)19-16(20)12-17(2,3)14-9-7-6-8-10-14/h6-10,15H,4-5,11-13,18H2,1-3H3,(H,19,20). The Bertz CT molecular complexity index is 401. The molecule has 3 N–H and O–H groups in total. The van der Waals surface area contributed by atoms with E-state index >= 15 is 0 Å². The summed E-state index contributed by atoms with van der Waals surface area (Å²) in [6, 6.07) is 10.3. The molecule has 1 aromatic carbocycles. The van der Waals surface area contributed by atoms with E-state index in [1.165, 1.54) is 5.56 Å². The van der Waals surface area contributed by atoms with Crippen LogP contribution in [0.5, 0.6) is 0 Å². The fourth-order valence-corrected chi connectivity index (χ4v) is 2.37. The van der Waals surface area contributed by atoms with Crippen LogP contribution in [-0.2, 0) is 10.2 Å². The molecule has 0 aliphatic heterocycles. The predicted octanol–water partition coefficient (Wildman–Crippen LogP) is 2.99. The Morgan fingerprint density at radius 1 is 1.30 bits per heavy atom. The monoisotopic (exact) mass is 276 g/mol. The SMILES string of the molecule is CCCCC(CN)NC(=O)CC(C)(C)c1ccccc1. The number of nitrogens with two attached hydrogens (primary N) is 1. The molecule has 0 radical (unpaired) electrons. The van der Waals surface area contributed by atoms with E-state index in [1.54, 1.807) is 0 Å². The van der Waals surface area contributed by atoms with E-state index in [4.69, 9.17) is 5.73 Å². The Labute approximate surface area is 122 Å². The number of unbranched alkanes of at least 4 members (excludes halogenated alkanes) is 1. The first kappa shape index (κ1) is 16.7. The first-order valence-electron chi connectivity index (χ1n) is 7.54. The number of carbonyl (C=O) groups is 1. The average Bonchev–Trinajstić information content (AvgIpc) is 2.43. The topological polar surface area (TPSA) is 55.1 Å². The molecule has 0 aliphatic rings. The lowest BCUT2D eigenvalue weighted by molar-refractivity contribution is -0.122. The molecule has 3 heteroatoms. The summed E-state index contributed by atoms with van der Waals surface area (Å²) < 4.78 is 0. The zero-order valence-electron chi connectivity index (χ0n) is 13.0. The lowest BCUT2D eigenvalue weighted by atomic mass is 9.81. The highest BCUT2D eigenvalue weighted by atomic mass is 16.1. The summed E-state index contributed by atoms with van der Waals surface area (Å²) >= 11 is 0.